The van der Waals surface area contributed by atoms with Gasteiger partial charge in [0.1, 0.15) is 5.75 Å². The molecule has 0 saturated heterocycles. The number of nitrogens with two attached hydrogens (primary N) is 1. The Hall–Kier alpha value is -0.770. The molecule has 4 heteroatoms. The van der Waals surface area contributed by atoms with E-state index in [1.165, 1.54) is 7.11 Å². The number of rotatable bonds is 3. The van der Waals surface area contributed by atoms with E-state index in [1.807, 2.05) is 0 Å². The second kappa shape index (κ2) is 4.64. The van der Waals surface area contributed by atoms with Crippen molar-refractivity contribution >= 4 is 11.6 Å². The molecule has 0 aliphatic rings. The Labute approximate surface area is 88.4 Å². The molecule has 3 nitrogen and oxygen atoms in total. The van der Waals surface area contributed by atoms with Gasteiger partial charge >= 0.3 is 0 Å². The summed E-state index contributed by atoms with van der Waals surface area (Å²) in [5, 5.41) is 10.3. The molecule has 0 saturated carbocycles. The summed E-state index contributed by atoms with van der Waals surface area (Å²) in [4.78, 5) is 0. The number of benzene rings is 1. The van der Waals surface area contributed by atoms with Crippen LogP contribution in [0.4, 0.5) is 0 Å². The Morgan fingerprint density at radius 1 is 1.50 bits per heavy atom. The molecule has 0 amide bonds. The van der Waals surface area contributed by atoms with Gasteiger partial charge in [-0.05, 0) is 19.1 Å². The fourth-order valence-corrected chi connectivity index (χ4v) is 1.52. The van der Waals surface area contributed by atoms with Crippen LogP contribution in [-0.2, 0) is 0 Å². The lowest BCUT2D eigenvalue weighted by Crippen LogP contribution is -2.25. The van der Waals surface area contributed by atoms with Crippen LogP contribution >= 0.6 is 11.6 Å². The molecule has 0 fully saturated rings. The first-order valence-corrected chi connectivity index (χ1v) is 4.71. The van der Waals surface area contributed by atoms with E-state index in [1.54, 1.807) is 25.1 Å². The van der Waals surface area contributed by atoms with Crippen molar-refractivity contribution in [2.45, 2.75) is 19.1 Å². The molecular weight excluding hydrogens is 202 g/mol. The average molecular weight is 216 g/mol. The number of aliphatic hydroxyl groups excluding tert-OH is 1. The molecule has 0 heterocycles. The summed E-state index contributed by atoms with van der Waals surface area (Å²) >= 11 is 5.95. The third kappa shape index (κ3) is 2.18. The summed E-state index contributed by atoms with van der Waals surface area (Å²) in [5.41, 5.74) is 6.14. The normalized spacial score (nSPS) is 14.9. The van der Waals surface area contributed by atoms with Crippen molar-refractivity contribution in [1.29, 1.82) is 0 Å². The third-order valence-electron chi connectivity index (χ3n) is 2.03. The van der Waals surface area contributed by atoms with Crippen LogP contribution in [-0.4, -0.2) is 18.3 Å². The van der Waals surface area contributed by atoms with Gasteiger partial charge in [-0.1, -0.05) is 17.7 Å². The fourth-order valence-electron chi connectivity index (χ4n) is 1.25. The van der Waals surface area contributed by atoms with Crippen LogP contribution in [0.2, 0.25) is 5.02 Å². The number of halogens is 1. The molecule has 0 aliphatic carbocycles. The molecule has 0 unspecified atom stereocenters. The summed E-state index contributed by atoms with van der Waals surface area (Å²) in [6.45, 7) is 1.72. The van der Waals surface area contributed by atoms with Gasteiger partial charge in [0.2, 0.25) is 0 Å². The maximum absolute atomic E-state index is 9.80. The van der Waals surface area contributed by atoms with Gasteiger partial charge in [0.15, 0.2) is 0 Å². The van der Waals surface area contributed by atoms with Crippen LogP contribution in [0.3, 0.4) is 0 Å². The standard InChI is InChI=1S/C10H14ClNO2/c1-6(12)10(13)9-7(11)4-3-5-8(9)14-2/h3-6,10,13H,12H2,1-2H3/t6-,10-/m1/s1. The molecule has 0 spiro atoms. The molecule has 1 rings (SSSR count). The summed E-state index contributed by atoms with van der Waals surface area (Å²) in [6, 6.07) is 4.82. The molecular formula is C10H14ClNO2. The lowest BCUT2D eigenvalue weighted by molar-refractivity contribution is 0.149. The second-order valence-corrected chi connectivity index (χ2v) is 3.57. The summed E-state index contributed by atoms with van der Waals surface area (Å²) in [6.07, 6.45) is -0.807. The molecule has 2 atom stereocenters. The Balaban J connectivity index is 3.16. The Kier molecular flexibility index (Phi) is 3.75. The smallest absolute Gasteiger partial charge is 0.126 e. The zero-order chi connectivity index (χ0) is 10.7. The monoisotopic (exact) mass is 215 g/mol. The number of hydrogen-bond acceptors (Lipinski definition) is 3. The highest BCUT2D eigenvalue weighted by molar-refractivity contribution is 6.31. The molecule has 0 aromatic heterocycles. The predicted molar refractivity (Wildman–Crippen MR) is 56.6 cm³/mol. The molecule has 1 aromatic rings. The van der Waals surface area contributed by atoms with Gasteiger partial charge in [-0.15, -0.1) is 0 Å². The summed E-state index contributed by atoms with van der Waals surface area (Å²) < 4.78 is 5.10. The Morgan fingerprint density at radius 3 is 2.64 bits per heavy atom. The Bertz CT molecular complexity index is 315. The average Bonchev–Trinajstić information content (AvgIpc) is 2.16. The van der Waals surface area contributed by atoms with Crippen LogP contribution in [0.5, 0.6) is 5.75 Å². The maximum Gasteiger partial charge on any atom is 0.126 e. The van der Waals surface area contributed by atoms with E-state index in [2.05, 4.69) is 0 Å². The van der Waals surface area contributed by atoms with Gasteiger partial charge in [-0.25, -0.2) is 0 Å². The van der Waals surface area contributed by atoms with Crippen LogP contribution in [0.1, 0.15) is 18.6 Å². The van der Waals surface area contributed by atoms with Crippen molar-refractivity contribution in [3.05, 3.63) is 28.8 Å². The predicted octanol–water partition coefficient (Wildman–Crippen LogP) is 1.73. The van der Waals surface area contributed by atoms with Crippen molar-refractivity contribution in [2.24, 2.45) is 5.73 Å². The van der Waals surface area contributed by atoms with Crippen LogP contribution in [0.15, 0.2) is 18.2 Å². The van der Waals surface area contributed by atoms with Gasteiger partial charge < -0.3 is 15.6 Å². The van der Waals surface area contributed by atoms with Crippen molar-refractivity contribution in [2.75, 3.05) is 7.11 Å². The number of ether oxygens (including phenoxy) is 1. The quantitative estimate of drug-likeness (QED) is 0.808. The van der Waals surface area contributed by atoms with Crippen molar-refractivity contribution in [1.82, 2.24) is 0 Å². The Morgan fingerprint density at radius 2 is 2.14 bits per heavy atom. The minimum absolute atomic E-state index is 0.385. The van der Waals surface area contributed by atoms with E-state index in [0.29, 0.717) is 16.3 Å². The van der Waals surface area contributed by atoms with Crippen LogP contribution < -0.4 is 10.5 Å². The topological polar surface area (TPSA) is 55.5 Å². The maximum atomic E-state index is 9.80. The van der Waals surface area contributed by atoms with Gasteiger partial charge in [-0.3, -0.25) is 0 Å². The first kappa shape index (κ1) is 11.3. The second-order valence-electron chi connectivity index (χ2n) is 3.16. The first-order valence-electron chi connectivity index (χ1n) is 4.34. The number of aliphatic hydroxyl groups is 1. The van der Waals surface area contributed by atoms with E-state index in [-0.39, 0.29) is 6.04 Å². The zero-order valence-electron chi connectivity index (χ0n) is 8.20. The first-order chi connectivity index (χ1) is 6.57. The highest BCUT2D eigenvalue weighted by atomic mass is 35.5. The van der Waals surface area contributed by atoms with Crippen molar-refractivity contribution < 1.29 is 9.84 Å². The van der Waals surface area contributed by atoms with Crippen LogP contribution in [0, 0.1) is 0 Å². The zero-order valence-corrected chi connectivity index (χ0v) is 8.95. The lowest BCUT2D eigenvalue weighted by atomic mass is 10.0. The molecule has 14 heavy (non-hydrogen) atoms. The molecule has 0 bridgehead atoms. The summed E-state index contributed by atoms with van der Waals surface area (Å²) in [7, 11) is 1.53. The minimum atomic E-state index is -0.807. The SMILES string of the molecule is COc1cccc(Cl)c1[C@H](O)[C@@H](C)N. The molecule has 0 radical (unpaired) electrons. The summed E-state index contributed by atoms with van der Waals surface area (Å²) in [5.74, 6) is 0.558. The highest BCUT2D eigenvalue weighted by Crippen LogP contribution is 2.32. The van der Waals surface area contributed by atoms with E-state index in [0.717, 1.165) is 0 Å². The minimum Gasteiger partial charge on any atom is -0.496 e. The highest BCUT2D eigenvalue weighted by Gasteiger charge is 2.19. The van der Waals surface area contributed by atoms with E-state index < -0.39 is 6.10 Å². The van der Waals surface area contributed by atoms with Gasteiger partial charge in [0.05, 0.1) is 18.2 Å². The van der Waals surface area contributed by atoms with Crippen LogP contribution in [0.25, 0.3) is 0 Å². The largest absolute Gasteiger partial charge is 0.496 e. The van der Waals surface area contributed by atoms with E-state index in [4.69, 9.17) is 22.1 Å². The number of hydrogen-bond donors (Lipinski definition) is 2. The van der Waals surface area contributed by atoms with Gasteiger partial charge in [0.25, 0.3) is 0 Å². The molecule has 0 aliphatic heterocycles. The van der Waals surface area contributed by atoms with Gasteiger partial charge in [0, 0.05) is 11.6 Å². The van der Waals surface area contributed by atoms with Crippen molar-refractivity contribution in [3.63, 3.8) is 0 Å². The third-order valence-corrected chi connectivity index (χ3v) is 2.36. The van der Waals surface area contributed by atoms with Crippen molar-refractivity contribution in [3.8, 4) is 5.75 Å². The molecule has 78 valence electrons. The molecule has 1 aromatic carbocycles. The number of methoxy groups -OCH3 is 1. The lowest BCUT2D eigenvalue weighted by Gasteiger charge is -2.18. The molecule has 3 N–H and O–H groups in total. The van der Waals surface area contributed by atoms with Gasteiger partial charge in [-0.2, -0.15) is 0 Å². The fraction of sp³-hybridized carbons (Fsp3) is 0.400. The van der Waals surface area contributed by atoms with E-state index in [9.17, 15) is 5.11 Å². The van der Waals surface area contributed by atoms with E-state index >= 15 is 0 Å².